The van der Waals surface area contributed by atoms with Crippen LogP contribution >= 0.6 is 0 Å². The molecule has 0 saturated heterocycles. The van der Waals surface area contributed by atoms with Gasteiger partial charge in [0, 0.05) is 17.8 Å². The van der Waals surface area contributed by atoms with Crippen molar-refractivity contribution in [1.82, 2.24) is 0 Å². The van der Waals surface area contributed by atoms with E-state index in [1.807, 2.05) is 0 Å². The predicted octanol–water partition coefficient (Wildman–Crippen LogP) is 2.58. The number of nitrogens with zero attached hydrogens (tertiary/aromatic N) is 2. The maximum Gasteiger partial charge on any atom is 0.314 e. The average Bonchev–Trinajstić information content (AvgIpc) is 2.44. The van der Waals surface area contributed by atoms with Crippen molar-refractivity contribution < 1.29 is 14.5 Å². The molecular formula is C13H17N3O4. The van der Waals surface area contributed by atoms with E-state index >= 15 is 0 Å². The molecule has 7 nitrogen and oxygen atoms in total. The number of ether oxygens (including phenoxy) is 1. The Morgan fingerprint density at radius 1 is 1.45 bits per heavy atom. The van der Waals surface area contributed by atoms with Gasteiger partial charge in [0.25, 0.3) is 5.69 Å². The molecule has 0 aliphatic heterocycles. The van der Waals surface area contributed by atoms with Crippen LogP contribution in [0.3, 0.4) is 0 Å². The van der Waals surface area contributed by atoms with Crippen LogP contribution in [0.15, 0.2) is 29.4 Å². The van der Waals surface area contributed by atoms with Crippen molar-refractivity contribution in [3.63, 3.8) is 0 Å². The third-order valence-electron chi connectivity index (χ3n) is 2.71. The second-order valence-electron chi connectivity index (χ2n) is 4.14. The Hall–Kier alpha value is -2.44. The van der Waals surface area contributed by atoms with E-state index in [-0.39, 0.29) is 11.7 Å². The van der Waals surface area contributed by atoms with E-state index in [4.69, 9.17) is 4.74 Å². The lowest BCUT2D eigenvalue weighted by molar-refractivity contribution is -0.384. The first-order chi connectivity index (χ1) is 9.45. The first-order valence-electron chi connectivity index (χ1n) is 6.17. The summed E-state index contributed by atoms with van der Waals surface area (Å²) in [6.45, 7) is 5.48. The lowest BCUT2D eigenvalue weighted by atomic mass is 10.1. The zero-order valence-electron chi connectivity index (χ0n) is 11.6. The fourth-order valence-corrected chi connectivity index (χ4v) is 1.35. The van der Waals surface area contributed by atoms with Crippen LogP contribution in [-0.4, -0.2) is 23.2 Å². The lowest BCUT2D eigenvalue weighted by Crippen LogP contribution is -2.22. The number of hydrogen-bond acceptors (Lipinski definition) is 6. The zero-order valence-corrected chi connectivity index (χ0v) is 11.6. The highest BCUT2D eigenvalue weighted by atomic mass is 16.6. The SMILES string of the molecule is CCOC(=O)C(C)/C(C)=N\Nc1ccc([N+](=O)[O-])cc1. The molecule has 0 fully saturated rings. The number of carbonyl (C=O) groups excluding carboxylic acids is 1. The molecule has 0 saturated carbocycles. The number of rotatable bonds is 6. The number of non-ortho nitro benzene ring substituents is 1. The van der Waals surface area contributed by atoms with Gasteiger partial charge >= 0.3 is 5.97 Å². The van der Waals surface area contributed by atoms with Crippen LogP contribution in [0.2, 0.25) is 0 Å². The fraction of sp³-hybridized carbons (Fsp3) is 0.385. The van der Waals surface area contributed by atoms with Crippen LogP contribution in [0, 0.1) is 16.0 Å². The van der Waals surface area contributed by atoms with Crippen molar-refractivity contribution in [3.05, 3.63) is 34.4 Å². The van der Waals surface area contributed by atoms with E-state index in [2.05, 4.69) is 10.5 Å². The highest BCUT2D eigenvalue weighted by molar-refractivity contribution is 6.00. The molecule has 0 bridgehead atoms. The minimum atomic E-state index is -0.471. The number of nitro groups is 1. The third kappa shape index (κ3) is 4.34. The maximum absolute atomic E-state index is 11.5. The summed E-state index contributed by atoms with van der Waals surface area (Å²) in [6.07, 6.45) is 0. The average molecular weight is 279 g/mol. The van der Waals surface area contributed by atoms with E-state index in [9.17, 15) is 14.9 Å². The van der Waals surface area contributed by atoms with Gasteiger partial charge in [-0.3, -0.25) is 20.3 Å². The molecule has 0 aliphatic rings. The van der Waals surface area contributed by atoms with Gasteiger partial charge in [-0.1, -0.05) is 0 Å². The van der Waals surface area contributed by atoms with Crippen molar-refractivity contribution in [2.24, 2.45) is 11.0 Å². The zero-order chi connectivity index (χ0) is 15.1. The summed E-state index contributed by atoms with van der Waals surface area (Å²) in [6, 6.07) is 5.85. The summed E-state index contributed by atoms with van der Waals surface area (Å²) >= 11 is 0. The largest absolute Gasteiger partial charge is 0.465 e. The normalized spacial score (nSPS) is 12.7. The van der Waals surface area contributed by atoms with E-state index in [0.717, 1.165) is 0 Å². The molecule has 1 atom stereocenters. The second kappa shape index (κ2) is 7.22. The molecule has 1 aromatic carbocycles. The van der Waals surface area contributed by atoms with Gasteiger partial charge in [-0.25, -0.2) is 0 Å². The maximum atomic E-state index is 11.5. The molecule has 108 valence electrons. The first-order valence-corrected chi connectivity index (χ1v) is 6.17. The molecule has 1 N–H and O–H groups in total. The molecule has 1 rings (SSSR count). The van der Waals surface area contributed by atoms with Crippen molar-refractivity contribution in [2.45, 2.75) is 20.8 Å². The van der Waals surface area contributed by atoms with Gasteiger partial charge in [0.1, 0.15) is 0 Å². The molecule has 0 aliphatic carbocycles. The van der Waals surface area contributed by atoms with Gasteiger partial charge in [-0.15, -0.1) is 0 Å². The van der Waals surface area contributed by atoms with Crippen LogP contribution in [0.1, 0.15) is 20.8 Å². The minimum absolute atomic E-state index is 0.0103. The quantitative estimate of drug-likeness (QED) is 0.374. The molecule has 7 heteroatoms. The number of nitro benzene ring substituents is 1. The van der Waals surface area contributed by atoms with Gasteiger partial charge < -0.3 is 4.74 Å². The molecule has 0 heterocycles. The minimum Gasteiger partial charge on any atom is -0.465 e. The van der Waals surface area contributed by atoms with E-state index < -0.39 is 10.8 Å². The summed E-state index contributed by atoms with van der Waals surface area (Å²) in [4.78, 5) is 21.5. The van der Waals surface area contributed by atoms with Gasteiger partial charge in [-0.2, -0.15) is 5.10 Å². The molecule has 1 unspecified atom stereocenters. The van der Waals surface area contributed by atoms with Gasteiger partial charge in [0.15, 0.2) is 0 Å². The topological polar surface area (TPSA) is 93.8 Å². The Labute approximate surface area is 116 Å². The third-order valence-corrected chi connectivity index (χ3v) is 2.71. The summed E-state index contributed by atoms with van der Waals surface area (Å²) < 4.78 is 4.90. The highest BCUT2D eigenvalue weighted by Gasteiger charge is 2.17. The van der Waals surface area contributed by atoms with Crippen LogP contribution in [-0.2, 0) is 9.53 Å². The van der Waals surface area contributed by atoms with Crippen LogP contribution in [0.25, 0.3) is 0 Å². The van der Waals surface area contributed by atoms with E-state index in [1.165, 1.54) is 12.1 Å². The highest BCUT2D eigenvalue weighted by Crippen LogP contribution is 2.15. The van der Waals surface area contributed by atoms with Crippen molar-refractivity contribution in [2.75, 3.05) is 12.0 Å². The Bertz CT molecular complexity index is 511. The first kappa shape index (κ1) is 15.6. The number of benzene rings is 1. The summed E-state index contributed by atoms with van der Waals surface area (Å²) in [7, 11) is 0. The molecule has 0 amide bonds. The number of carbonyl (C=O) groups is 1. The van der Waals surface area contributed by atoms with Crippen LogP contribution in [0.4, 0.5) is 11.4 Å². The number of hydrazone groups is 1. The predicted molar refractivity (Wildman–Crippen MR) is 75.6 cm³/mol. The van der Waals surface area contributed by atoms with Crippen LogP contribution < -0.4 is 5.43 Å². The van der Waals surface area contributed by atoms with Crippen LogP contribution in [0.5, 0.6) is 0 Å². The number of esters is 1. The Kier molecular flexibility index (Phi) is 5.64. The summed E-state index contributed by atoms with van der Waals surface area (Å²) in [5.41, 5.74) is 3.93. The van der Waals surface area contributed by atoms with E-state index in [0.29, 0.717) is 18.0 Å². The van der Waals surface area contributed by atoms with Crippen molar-refractivity contribution in [1.29, 1.82) is 0 Å². The van der Waals surface area contributed by atoms with Gasteiger partial charge in [0.05, 0.1) is 23.1 Å². The number of anilines is 1. The van der Waals surface area contributed by atoms with Crippen molar-refractivity contribution in [3.8, 4) is 0 Å². The summed E-state index contributed by atoms with van der Waals surface area (Å²) in [5, 5.41) is 14.6. The lowest BCUT2D eigenvalue weighted by Gasteiger charge is -2.10. The molecule has 0 spiro atoms. The van der Waals surface area contributed by atoms with Crippen molar-refractivity contribution >= 4 is 23.1 Å². The second-order valence-corrected chi connectivity index (χ2v) is 4.14. The Balaban J connectivity index is 2.66. The molecular weight excluding hydrogens is 262 g/mol. The molecule has 0 aromatic heterocycles. The molecule has 0 radical (unpaired) electrons. The number of hydrogen-bond donors (Lipinski definition) is 1. The van der Waals surface area contributed by atoms with E-state index in [1.54, 1.807) is 32.9 Å². The molecule has 20 heavy (non-hydrogen) atoms. The van der Waals surface area contributed by atoms with Gasteiger partial charge in [-0.05, 0) is 32.9 Å². The monoisotopic (exact) mass is 279 g/mol. The fourth-order valence-electron chi connectivity index (χ4n) is 1.35. The molecule has 1 aromatic rings. The standard InChI is InChI=1S/C13H17N3O4/c1-4-20-13(17)9(2)10(3)14-15-11-5-7-12(8-6-11)16(18)19/h5-9,15H,4H2,1-3H3/b14-10-. The van der Waals surface area contributed by atoms with Gasteiger partial charge in [0.2, 0.25) is 0 Å². The Morgan fingerprint density at radius 3 is 2.55 bits per heavy atom. The summed E-state index contributed by atoms with van der Waals surface area (Å²) in [5.74, 6) is -0.778. The number of nitrogens with one attached hydrogen (secondary N) is 1. The Morgan fingerprint density at radius 2 is 2.05 bits per heavy atom. The smallest absolute Gasteiger partial charge is 0.314 e.